The topological polar surface area (TPSA) is 43.1 Å². The third-order valence-corrected chi connectivity index (χ3v) is 2.66. The maximum absolute atomic E-state index is 9.97. The van der Waals surface area contributed by atoms with Crippen LogP contribution in [0.1, 0.15) is 4.88 Å². The van der Waals surface area contributed by atoms with Crippen LogP contribution in [0.4, 0.5) is 0 Å². The molecule has 1 aromatic heterocycles. The molecule has 0 bridgehead atoms. The number of rotatable bonds is 3. The van der Waals surface area contributed by atoms with Crippen LogP contribution in [0.3, 0.4) is 0 Å². The lowest BCUT2D eigenvalue weighted by atomic mass is 10.3. The minimum absolute atomic E-state index is 0.0414. The maximum atomic E-state index is 9.97. The zero-order valence-electron chi connectivity index (χ0n) is 5.62. The first-order valence-electron chi connectivity index (χ1n) is 3.04. The standard InChI is InChI=1S/C6H6ClNO2S/c7-5-2-4-11-6(5)1-3-8(9)10/h2,4H,1,3H2. The molecule has 0 atom stereocenters. The van der Waals surface area contributed by atoms with Crippen molar-refractivity contribution in [3.05, 3.63) is 31.5 Å². The van der Waals surface area contributed by atoms with Crippen LogP contribution in [-0.2, 0) is 6.42 Å². The lowest BCUT2D eigenvalue weighted by Crippen LogP contribution is -2.02. The molecule has 0 spiro atoms. The molecule has 0 amide bonds. The molecule has 5 heteroatoms. The van der Waals surface area contributed by atoms with E-state index in [2.05, 4.69) is 0 Å². The summed E-state index contributed by atoms with van der Waals surface area (Å²) in [6.07, 6.45) is 0.434. The predicted molar refractivity (Wildman–Crippen MR) is 44.9 cm³/mol. The summed E-state index contributed by atoms with van der Waals surface area (Å²) in [6.45, 7) is -0.0414. The monoisotopic (exact) mass is 191 g/mol. The molecular formula is C6H6ClNO2S. The summed E-state index contributed by atoms with van der Waals surface area (Å²) in [7, 11) is 0. The van der Waals surface area contributed by atoms with Crippen LogP contribution in [0.5, 0.6) is 0 Å². The number of thiophene rings is 1. The van der Waals surface area contributed by atoms with E-state index in [1.165, 1.54) is 11.3 Å². The molecule has 0 saturated heterocycles. The summed E-state index contributed by atoms with van der Waals surface area (Å²) in [5.41, 5.74) is 0. The van der Waals surface area contributed by atoms with Crippen LogP contribution in [0.25, 0.3) is 0 Å². The molecule has 0 radical (unpaired) electrons. The van der Waals surface area contributed by atoms with Gasteiger partial charge in [-0.05, 0) is 11.4 Å². The van der Waals surface area contributed by atoms with Crippen LogP contribution >= 0.6 is 22.9 Å². The molecule has 0 N–H and O–H groups in total. The fraction of sp³-hybridized carbons (Fsp3) is 0.333. The highest BCUT2D eigenvalue weighted by Gasteiger charge is 2.04. The molecule has 11 heavy (non-hydrogen) atoms. The average Bonchev–Trinajstić information content (AvgIpc) is 2.31. The van der Waals surface area contributed by atoms with Gasteiger partial charge in [-0.25, -0.2) is 0 Å². The number of hydrogen-bond donors (Lipinski definition) is 0. The second-order valence-corrected chi connectivity index (χ2v) is 3.41. The van der Waals surface area contributed by atoms with Gasteiger partial charge in [0, 0.05) is 16.2 Å². The van der Waals surface area contributed by atoms with E-state index in [-0.39, 0.29) is 11.5 Å². The molecule has 0 fully saturated rings. The average molecular weight is 192 g/mol. The van der Waals surface area contributed by atoms with Gasteiger partial charge in [-0.2, -0.15) is 0 Å². The van der Waals surface area contributed by atoms with Gasteiger partial charge in [0.2, 0.25) is 6.54 Å². The van der Waals surface area contributed by atoms with E-state index < -0.39 is 0 Å². The fourth-order valence-corrected chi connectivity index (χ4v) is 1.82. The molecule has 0 saturated carbocycles. The Morgan fingerprint density at radius 3 is 2.91 bits per heavy atom. The van der Waals surface area contributed by atoms with Crippen molar-refractivity contribution in [1.82, 2.24) is 0 Å². The van der Waals surface area contributed by atoms with Gasteiger partial charge in [0.15, 0.2) is 0 Å². The first-order valence-corrected chi connectivity index (χ1v) is 4.29. The van der Waals surface area contributed by atoms with E-state index in [1.807, 2.05) is 5.38 Å². The third-order valence-electron chi connectivity index (χ3n) is 1.21. The van der Waals surface area contributed by atoms with Gasteiger partial charge in [-0.15, -0.1) is 11.3 Å². The zero-order valence-corrected chi connectivity index (χ0v) is 7.19. The SMILES string of the molecule is O=[N+]([O-])CCc1sccc1Cl. The molecule has 3 nitrogen and oxygen atoms in total. The van der Waals surface area contributed by atoms with Gasteiger partial charge in [0.05, 0.1) is 5.02 Å². The summed E-state index contributed by atoms with van der Waals surface area (Å²) >= 11 is 7.17. The highest BCUT2D eigenvalue weighted by molar-refractivity contribution is 7.10. The van der Waals surface area contributed by atoms with Crippen molar-refractivity contribution in [3.63, 3.8) is 0 Å². The smallest absolute Gasteiger partial charge is 0.208 e. The van der Waals surface area contributed by atoms with Crippen molar-refractivity contribution in [2.24, 2.45) is 0 Å². The van der Waals surface area contributed by atoms with Crippen LogP contribution in [-0.4, -0.2) is 11.5 Å². The molecule has 1 rings (SSSR count). The molecular weight excluding hydrogens is 186 g/mol. The minimum atomic E-state index is -0.337. The molecule has 60 valence electrons. The molecule has 1 heterocycles. The van der Waals surface area contributed by atoms with Crippen molar-refractivity contribution in [3.8, 4) is 0 Å². The summed E-state index contributed by atoms with van der Waals surface area (Å²) in [5.74, 6) is 0. The van der Waals surface area contributed by atoms with E-state index in [4.69, 9.17) is 11.6 Å². The Morgan fingerprint density at radius 1 is 1.73 bits per heavy atom. The Kier molecular flexibility index (Phi) is 2.84. The first kappa shape index (κ1) is 8.49. The summed E-state index contributed by atoms with van der Waals surface area (Å²) in [5, 5.41) is 12.4. The van der Waals surface area contributed by atoms with Crippen LogP contribution in [0.15, 0.2) is 11.4 Å². The van der Waals surface area contributed by atoms with Crippen molar-refractivity contribution >= 4 is 22.9 Å². The van der Waals surface area contributed by atoms with Crippen molar-refractivity contribution in [2.45, 2.75) is 6.42 Å². The quantitative estimate of drug-likeness (QED) is 0.543. The highest BCUT2D eigenvalue weighted by atomic mass is 35.5. The Hall–Kier alpha value is -0.610. The van der Waals surface area contributed by atoms with Gasteiger partial charge in [-0.3, -0.25) is 10.1 Å². The van der Waals surface area contributed by atoms with Gasteiger partial charge in [0.1, 0.15) is 0 Å². The highest BCUT2D eigenvalue weighted by Crippen LogP contribution is 2.21. The first-order chi connectivity index (χ1) is 5.20. The van der Waals surface area contributed by atoms with Crippen molar-refractivity contribution in [2.75, 3.05) is 6.54 Å². The Balaban J connectivity index is 2.51. The molecule has 0 aliphatic heterocycles. The van der Waals surface area contributed by atoms with Gasteiger partial charge >= 0.3 is 0 Å². The normalized spacial score (nSPS) is 9.91. The van der Waals surface area contributed by atoms with Crippen LogP contribution in [0, 0.1) is 10.1 Å². The van der Waals surface area contributed by atoms with Gasteiger partial charge in [0.25, 0.3) is 0 Å². The Bertz CT molecular complexity index is 261. The molecule has 1 aromatic rings. The number of nitro groups is 1. The van der Waals surface area contributed by atoms with Crippen LogP contribution in [0.2, 0.25) is 5.02 Å². The van der Waals surface area contributed by atoms with E-state index in [1.54, 1.807) is 6.07 Å². The maximum Gasteiger partial charge on any atom is 0.208 e. The zero-order chi connectivity index (χ0) is 8.27. The number of nitrogens with zero attached hydrogens (tertiary/aromatic N) is 1. The molecule has 0 aromatic carbocycles. The summed E-state index contributed by atoms with van der Waals surface area (Å²) in [6, 6.07) is 1.75. The van der Waals surface area contributed by atoms with E-state index in [0.29, 0.717) is 11.4 Å². The minimum Gasteiger partial charge on any atom is -0.265 e. The number of hydrogen-bond acceptors (Lipinski definition) is 3. The van der Waals surface area contributed by atoms with E-state index >= 15 is 0 Å². The molecule has 0 aliphatic carbocycles. The van der Waals surface area contributed by atoms with Crippen molar-refractivity contribution in [1.29, 1.82) is 0 Å². The fourth-order valence-electron chi connectivity index (χ4n) is 0.696. The second kappa shape index (κ2) is 3.69. The third kappa shape index (κ3) is 2.48. The van der Waals surface area contributed by atoms with Gasteiger partial charge in [-0.1, -0.05) is 11.6 Å². The molecule has 0 unspecified atom stereocenters. The lowest BCUT2D eigenvalue weighted by molar-refractivity contribution is -0.479. The Morgan fingerprint density at radius 2 is 2.45 bits per heavy atom. The predicted octanol–water partition coefficient (Wildman–Crippen LogP) is 2.22. The summed E-state index contributed by atoms with van der Waals surface area (Å²) < 4.78 is 0. The Labute approximate surface area is 72.8 Å². The molecule has 0 aliphatic rings. The van der Waals surface area contributed by atoms with Crippen LogP contribution < -0.4 is 0 Å². The largest absolute Gasteiger partial charge is 0.265 e. The number of halogens is 1. The second-order valence-electron chi connectivity index (χ2n) is 2.00. The van der Waals surface area contributed by atoms with Crippen molar-refractivity contribution < 1.29 is 4.92 Å². The lowest BCUT2D eigenvalue weighted by Gasteiger charge is -1.91. The van der Waals surface area contributed by atoms with E-state index in [0.717, 1.165) is 4.88 Å². The van der Waals surface area contributed by atoms with Gasteiger partial charge < -0.3 is 0 Å². The summed E-state index contributed by atoms with van der Waals surface area (Å²) in [4.78, 5) is 10.5. The van der Waals surface area contributed by atoms with E-state index in [9.17, 15) is 10.1 Å².